The monoisotopic (exact) mass is 447 g/mol. The van der Waals surface area contributed by atoms with Crippen molar-refractivity contribution in [1.29, 1.82) is 0 Å². The Bertz CT molecular complexity index is 930. The molecule has 1 spiro atoms. The number of halogens is 2. The molecule has 1 aromatic carbocycles. The molecule has 27 heavy (non-hydrogen) atoms. The van der Waals surface area contributed by atoms with E-state index in [1.807, 2.05) is 0 Å². The van der Waals surface area contributed by atoms with E-state index in [0.29, 0.717) is 31.0 Å². The van der Waals surface area contributed by atoms with Crippen LogP contribution >= 0.6 is 27.5 Å². The van der Waals surface area contributed by atoms with Gasteiger partial charge < -0.3 is 10.0 Å². The van der Waals surface area contributed by atoms with Gasteiger partial charge in [0, 0.05) is 35.2 Å². The zero-order valence-electron chi connectivity index (χ0n) is 14.8. The molecule has 1 aliphatic heterocycles. The minimum Gasteiger partial charge on any atom is -0.393 e. The third-order valence-corrected chi connectivity index (χ3v) is 6.84. The van der Waals surface area contributed by atoms with E-state index in [1.165, 1.54) is 11.1 Å². The lowest BCUT2D eigenvalue weighted by Gasteiger charge is -2.26. The standard InChI is InChI=1S/C19H19BrClN5O/c1-11-2-4-12(5-3-11)9-26-10-19(6-14(24-25-22)15(27)7-19)16-17(21)13(20)8-23-18(16)26/h2-5,8,14-15,27H,6-7,9-10H2,1H3/t14-,15-,19+/m1/s1. The quantitative estimate of drug-likeness (QED) is 0.412. The van der Waals surface area contributed by atoms with E-state index in [2.05, 4.69) is 67.0 Å². The van der Waals surface area contributed by atoms with Crippen molar-refractivity contribution < 1.29 is 5.11 Å². The predicted octanol–water partition coefficient (Wildman–Crippen LogP) is 4.90. The average molecular weight is 449 g/mol. The zero-order valence-corrected chi connectivity index (χ0v) is 17.2. The van der Waals surface area contributed by atoms with Gasteiger partial charge in [-0.25, -0.2) is 4.98 Å². The Morgan fingerprint density at radius 1 is 1.41 bits per heavy atom. The highest BCUT2D eigenvalue weighted by Crippen LogP contribution is 2.54. The van der Waals surface area contributed by atoms with Gasteiger partial charge in [0.25, 0.3) is 0 Å². The molecule has 1 saturated carbocycles. The van der Waals surface area contributed by atoms with Crippen LogP contribution in [0.5, 0.6) is 0 Å². The minimum atomic E-state index is -0.678. The first-order valence-corrected chi connectivity index (χ1v) is 9.98. The van der Waals surface area contributed by atoms with Crippen LogP contribution in [0.15, 0.2) is 40.0 Å². The summed E-state index contributed by atoms with van der Waals surface area (Å²) < 4.78 is 0.737. The van der Waals surface area contributed by atoms with Crippen molar-refractivity contribution in [3.05, 3.63) is 67.1 Å². The van der Waals surface area contributed by atoms with Crippen LogP contribution in [0.3, 0.4) is 0 Å². The first-order valence-electron chi connectivity index (χ1n) is 8.81. The largest absolute Gasteiger partial charge is 0.393 e. The lowest BCUT2D eigenvalue weighted by Crippen LogP contribution is -2.32. The smallest absolute Gasteiger partial charge is 0.134 e. The molecule has 0 amide bonds. The number of aryl methyl sites for hydroxylation is 1. The molecule has 2 aromatic rings. The number of pyridine rings is 1. The Labute approximate surface area is 170 Å². The number of hydrogen-bond donors (Lipinski definition) is 1. The topological polar surface area (TPSA) is 85.1 Å². The summed E-state index contributed by atoms with van der Waals surface area (Å²) >= 11 is 10.1. The molecule has 4 rings (SSSR count). The molecule has 140 valence electrons. The second-order valence-electron chi connectivity index (χ2n) is 7.49. The number of fused-ring (bicyclic) bond motifs is 2. The van der Waals surface area contributed by atoms with E-state index in [-0.39, 0.29) is 5.41 Å². The van der Waals surface area contributed by atoms with Crippen molar-refractivity contribution in [1.82, 2.24) is 4.98 Å². The summed E-state index contributed by atoms with van der Waals surface area (Å²) in [4.78, 5) is 9.76. The maximum atomic E-state index is 10.5. The van der Waals surface area contributed by atoms with Crippen molar-refractivity contribution in [3.63, 3.8) is 0 Å². The second kappa shape index (κ2) is 6.99. The third kappa shape index (κ3) is 3.19. The molecule has 0 unspecified atom stereocenters. The SMILES string of the molecule is Cc1ccc(CN2C[C@]3(C[C@@H](O)[C@H](N=[N+]=[N-])C3)c3c2ncc(Br)c3Cl)cc1. The Morgan fingerprint density at radius 3 is 2.85 bits per heavy atom. The molecule has 1 aliphatic carbocycles. The van der Waals surface area contributed by atoms with Crippen LogP contribution in [0.25, 0.3) is 10.4 Å². The molecular formula is C19H19BrClN5O. The molecule has 0 radical (unpaired) electrons. The lowest BCUT2D eigenvalue weighted by molar-refractivity contribution is 0.159. The molecule has 3 atom stereocenters. The lowest BCUT2D eigenvalue weighted by atomic mass is 9.81. The Kier molecular flexibility index (Phi) is 4.80. The zero-order chi connectivity index (χ0) is 19.2. The van der Waals surface area contributed by atoms with E-state index in [9.17, 15) is 5.11 Å². The van der Waals surface area contributed by atoms with Crippen LogP contribution in [0.4, 0.5) is 5.82 Å². The van der Waals surface area contributed by atoms with Crippen LogP contribution in [-0.2, 0) is 12.0 Å². The molecule has 8 heteroatoms. The maximum Gasteiger partial charge on any atom is 0.134 e. The van der Waals surface area contributed by atoms with Crippen LogP contribution in [-0.4, -0.2) is 28.8 Å². The van der Waals surface area contributed by atoms with E-state index >= 15 is 0 Å². The number of aromatic nitrogens is 1. The summed E-state index contributed by atoms with van der Waals surface area (Å²) in [5, 5.41) is 14.9. The Hall–Kier alpha value is -1.79. The fourth-order valence-electron chi connectivity index (χ4n) is 4.40. The number of anilines is 1. The average Bonchev–Trinajstić information content (AvgIpc) is 3.10. The van der Waals surface area contributed by atoms with Crippen molar-refractivity contribution in [2.75, 3.05) is 11.4 Å². The van der Waals surface area contributed by atoms with Gasteiger partial charge in [-0.15, -0.1) is 0 Å². The van der Waals surface area contributed by atoms with Gasteiger partial charge in [0.15, 0.2) is 0 Å². The van der Waals surface area contributed by atoms with Gasteiger partial charge in [-0.2, -0.15) is 0 Å². The van der Waals surface area contributed by atoms with Crippen molar-refractivity contribution in [2.24, 2.45) is 5.11 Å². The van der Waals surface area contributed by atoms with Gasteiger partial charge in [-0.3, -0.25) is 0 Å². The highest BCUT2D eigenvalue weighted by atomic mass is 79.9. The molecule has 2 aliphatic rings. The molecule has 1 aromatic heterocycles. The molecule has 0 saturated heterocycles. The minimum absolute atomic E-state index is 0.369. The summed E-state index contributed by atoms with van der Waals surface area (Å²) in [7, 11) is 0. The molecule has 1 fully saturated rings. The van der Waals surface area contributed by atoms with Gasteiger partial charge in [-0.05, 0) is 46.8 Å². The van der Waals surface area contributed by atoms with Crippen molar-refractivity contribution in [2.45, 2.75) is 43.9 Å². The third-order valence-electron chi connectivity index (χ3n) is 5.61. The van der Waals surface area contributed by atoms with E-state index in [4.69, 9.17) is 17.1 Å². The summed E-state index contributed by atoms with van der Waals surface area (Å²) in [5.74, 6) is 0.845. The number of benzene rings is 1. The van der Waals surface area contributed by atoms with Crippen molar-refractivity contribution >= 4 is 33.3 Å². The number of nitrogens with zero attached hydrogens (tertiary/aromatic N) is 5. The molecule has 1 N–H and O–H groups in total. The second-order valence-corrected chi connectivity index (χ2v) is 8.72. The molecule has 2 heterocycles. The fraction of sp³-hybridized carbons (Fsp3) is 0.421. The summed E-state index contributed by atoms with van der Waals surface area (Å²) in [5.41, 5.74) is 11.8. The van der Waals surface area contributed by atoms with E-state index < -0.39 is 12.1 Å². The first kappa shape index (κ1) is 18.6. The van der Waals surface area contributed by atoms with Gasteiger partial charge in [0.2, 0.25) is 0 Å². The Morgan fingerprint density at radius 2 is 2.15 bits per heavy atom. The number of rotatable bonds is 3. The summed E-state index contributed by atoms with van der Waals surface area (Å²) in [6, 6.07) is 7.99. The highest BCUT2D eigenvalue weighted by Gasteiger charge is 2.53. The van der Waals surface area contributed by atoms with Crippen LogP contribution in [0.2, 0.25) is 5.02 Å². The van der Waals surface area contributed by atoms with Gasteiger partial charge in [0.1, 0.15) is 5.82 Å². The van der Waals surface area contributed by atoms with Crippen LogP contribution in [0.1, 0.15) is 29.5 Å². The highest BCUT2D eigenvalue weighted by molar-refractivity contribution is 9.10. The summed E-state index contributed by atoms with van der Waals surface area (Å²) in [6.07, 6.45) is 2.11. The van der Waals surface area contributed by atoms with Crippen LogP contribution < -0.4 is 4.90 Å². The number of aliphatic hydroxyl groups excluding tert-OH is 1. The first-order chi connectivity index (χ1) is 12.9. The number of hydrogen-bond acceptors (Lipinski definition) is 4. The summed E-state index contributed by atoms with van der Waals surface area (Å²) in [6.45, 7) is 3.47. The van der Waals surface area contributed by atoms with Gasteiger partial charge in [-0.1, -0.05) is 46.5 Å². The molecular weight excluding hydrogens is 430 g/mol. The number of azide groups is 1. The number of aliphatic hydroxyl groups is 1. The van der Waals surface area contributed by atoms with Crippen LogP contribution in [0, 0.1) is 6.92 Å². The predicted molar refractivity (Wildman–Crippen MR) is 109 cm³/mol. The van der Waals surface area contributed by atoms with Gasteiger partial charge in [0.05, 0.1) is 21.6 Å². The fourth-order valence-corrected chi connectivity index (χ4v) is 5.04. The molecule has 0 bridgehead atoms. The molecule has 6 nitrogen and oxygen atoms in total. The van der Waals surface area contributed by atoms with E-state index in [1.54, 1.807) is 6.20 Å². The Balaban J connectivity index is 1.75. The van der Waals surface area contributed by atoms with E-state index in [0.717, 1.165) is 15.9 Å². The maximum absolute atomic E-state index is 10.5. The van der Waals surface area contributed by atoms with Gasteiger partial charge >= 0.3 is 0 Å². The van der Waals surface area contributed by atoms with Crippen molar-refractivity contribution in [3.8, 4) is 0 Å². The normalized spacial score (nSPS) is 26.3.